The number of aliphatic carboxylic acids is 1. The second kappa shape index (κ2) is 8.78. The van der Waals surface area contributed by atoms with Crippen molar-refractivity contribution in [1.29, 1.82) is 0 Å². The predicted octanol–water partition coefficient (Wildman–Crippen LogP) is 2.02. The number of hydrogen-bond donors (Lipinski definition) is 1. The Morgan fingerprint density at radius 3 is 2.59 bits per heavy atom. The highest BCUT2D eigenvalue weighted by atomic mass is 35.5. The molecule has 0 bridgehead atoms. The fourth-order valence-corrected chi connectivity index (χ4v) is 3.19. The number of esters is 1. The highest BCUT2D eigenvalue weighted by molar-refractivity contribution is 8.18. The maximum atomic E-state index is 12.2. The van der Waals surface area contributed by atoms with E-state index in [-0.39, 0.29) is 28.0 Å². The summed E-state index contributed by atoms with van der Waals surface area (Å²) >= 11 is 6.77. The Labute approximate surface area is 162 Å². The molecule has 0 aliphatic carbocycles. The van der Waals surface area contributed by atoms with Crippen LogP contribution in [0, 0.1) is 0 Å². The van der Waals surface area contributed by atoms with Gasteiger partial charge in [0.2, 0.25) is 0 Å². The van der Waals surface area contributed by atoms with Gasteiger partial charge in [-0.05, 0) is 35.5 Å². The van der Waals surface area contributed by atoms with Crippen LogP contribution < -0.4 is 9.47 Å². The minimum Gasteiger partial charge on any atom is -0.493 e. The molecule has 9 nitrogen and oxygen atoms in total. The van der Waals surface area contributed by atoms with Crippen LogP contribution in [0.25, 0.3) is 6.08 Å². The van der Waals surface area contributed by atoms with Crippen LogP contribution in [-0.4, -0.2) is 60.5 Å². The van der Waals surface area contributed by atoms with E-state index in [1.165, 1.54) is 32.4 Å². The molecule has 27 heavy (non-hydrogen) atoms. The van der Waals surface area contributed by atoms with Crippen LogP contribution in [0.1, 0.15) is 5.56 Å². The molecule has 0 saturated carbocycles. The molecule has 1 saturated heterocycles. The number of hydrogen-bond acceptors (Lipinski definition) is 8. The average molecular weight is 416 g/mol. The first kappa shape index (κ1) is 20.6. The van der Waals surface area contributed by atoms with E-state index in [0.29, 0.717) is 22.2 Å². The maximum Gasteiger partial charge on any atom is 0.343 e. The Balaban J connectivity index is 2.29. The van der Waals surface area contributed by atoms with Crippen molar-refractivity contribution in [3.63, 3.8) is 0 Å². The third-order valence-corrected chi connectivity index (χ3v) is 4.47. The largest absolute Gasteiger partial charge is 0.493 e. The minimum atomic E-state index is -1.30. The molecule has 1 heterocycles. The number of benzene rings is 1. The van der Waals surface area contributed by atoms with Crippen molar-refractivity contribution in [3.8, 4) is 11.5 Å². The highest BCUT2D eigenvalue weighted by Gasteiger charge is 2.36. The average Bonchev–Trinajstić information content (AvgIpc) is 2.87. The van der Waals surface area contributed by atoms with Crippen LogP contribution in [0.4, 0.5) is 4.79 Å². The summed E-state index contributed by atoms with van der Waals surface area (Å²) in [5.41, 5.74) is 0.420. The molecule has 1 aromatic rings. The lowest BCUT2D eigenvalue weighted by Gasteiger charge is -2.12. The Morgan fingerprint density at radius 2 is 2.00 bits per heavy atom. The van der Waals surface area contributed by atoms with Crippen molar-refractivity contribution in [2.45, 2.75) is 0 Å². The van der Waals surface area contributed by atoms with Crippen LogP contribution in [0.3, 0.4) is 0 Å². The van der Waals surface area contributed by atoms with Crippen LogP contribution in [0.5, 0.6) is 11.5 Å². The lowest BCUT2D eigenvalue weighted by Crippen LogP contribution is -2.33. The number of thioether (sulfide) groups is 1. The van der Waals surface area contributed by atoms with Crippen LogP contribution in [0.15, 0.2) is 17.0 Å². The number of imide groups is 1. The molecular formula is C16H14ClNO8S. The van der Waals surface area contributed by atoms with Gasteiger partial charge in [-0.15, -0.1) is 0 Å². The van der Waals surface area contributed by atoms with Crippen molar-refractivity contribution >= 4 is 52.5 Å². The molecule has 0 radical (unpaired) electrons. The summed E-state index contributed by atoms with van der Waals surface area (Å²) in [5.74, 6) is -2.31. The zero-order valence-corrected chi connectivity index (χ0v) is 15.8. The van der Waals surface area contributed by atoms with Gasteiger partial charge in [-0.2, -0.15) is 0 Å². The zero-order chi connectivity index (χ0) is 20.1. The third-order valence-electron chi connectivity index (χ3n) is 3.28. The van der Waals surface area contributed by atoms with E-state index >= 15 is 0 Å². The summed E-state index contributed by atoms with van der Waals surface area (Å²) in [6, 6.07) is 2.94. The Bertz CT molecular complexity index is 838. The van der Waals surface area contributed by atoms with Crippen LogP contribution >= 0.6 is 23.4 Å². The lowest BCUT2D eigenvalue weighted by molar-refractivity contribution is -0.143. The van der Waals surface area contributed by atoms with Crippen molar-refractivity contribution in [3.05, 3.63) is 27.6 Å². The molecule has 1 aliphatic heterocycles. The van der Waals surface area contributed by atoms with Gasteiger partial charge in [0.1, 0.15) is 6.54 Å². The van der Waals surface area contributed by atoms with Gasteiger partial charge in [-0.1, -0.05) is 11.6 Å². The molecule has 1 aliphatic rings. The molecular weight excluding hydrogens is 402 g/mol. The molecule has 2 amide bonds. The van der Waals surface area contributed by atoms with Gasteiger partial charge in [0.15, 0.2) is 18.1 Å². The minimum absolute atomic E-state index is 0.0441. The van der Waals surface area contributed by atoms with Gasteiger partial charge in [0.05, 0.1) is 24.1 Å². The summed E-state index contributed by atoms with van der Waals surface area (Å²) < 4.78 is 14.9. The maximum absolute atomic E-state index is 12.2. The van der Waals surface area contributed by atoms with Crippen molar-refractivity contribution in [2.75, 3.05) is 27.4 Å². The lowest BCUT2D eigenvalue weighted by atomic mass is 10.1. The normalized spacial score (nSPS) is 15.2. The number of ether oxygens (including phenoxy) is 3. The van der Waals surface area contributed by atoms with Gasteiger partial charge in [0, 0.05) is 0 Å². The number of carboxylic acids is 1. The van der Waals surface area contributed by atoms with Crippen molar-refractivity contribution < 1.29 is 38.5 Å². The first-order valence-electron chi connectivity index (χ1n) is 7.31. The van der Waals surface area contributed by atoms with E-state index in [4.69, 9.17) is 26.2 Å². The number of methoxy groups -OCH3 is 2. The molecule has 0 aromatic heterocycles. The van der Waals surface area contributed by atoms with Gasteiger partial charge >= 0.3 is 11.9 Å². The molecule has 11 heteroatoms. The van der Waals surface area contributed by atoms with E-state index in [0.717, 1.165) is 0 Å². The summed E-state index contributed by atoms with van der Waals surface area (Å²) in [6.45, 7) is -1.09. The molecule has 1 aromatic carbocycles. The number of halogens is 1. The highest BCUT2D eigenvalue weighted by Crippen LogP contribution is 2.38. The summed E-state index contributed by atoms with van der Waals surface area (Å²) in [7, 11) is 2.58. The van der Waals surface area contributed by atoms with E-state index < -0.39 is 29.6 Å². The summed E-state index contributed by atoms with van der Waals surface area (Å²) in [6.07, 6.45) is 1.38. The predicted molar refractivity (Wildman–Crippen MR) is 95.8 cm³/mol. The first-order chi connectivity index (χ1) is 12.8. The fourth-order valence-electron chi connectivity index (χ4n) is 2.08. The van der Waals surface area contributed by atoms with Crippen LogP contribution in [0.2, 0.25) is 5.02 Å². The van der Waals surface area contributed by atoms with E-state index in [9.17, 15) is 19.2 Å². The van der Waals surface area contributed by atoms with E-state index in [2.05, 4.69) is 4.74 Å². The number of carbonyl (C=O) groups is 4. The van der Waals surface area contributed by atoms with Gasteiger partial charge in [-0.25, -0.2) is 4.79 Å². The molecule has 144 valence electrons. The van der Waals surface area contributed by atoms with E-state index in [1.807, 2.05) is 0 Å². The second-order valence-corrected chi connectivity index (χ2v) is 6.46. The smallest absolute Gasteiger partial charge is 0.343 e. The number of carboxylic acid groups (broad SMARTS) is 1. The second-order valence-electron chi connectivity index (χ2n) is 5.06. The van der Waals surface area contributed by atoms with Gasteiger partial charge in [0.25, 0.3) is 11.1 Å². The van der Waals surface area contributed by atoms with Crippen molar-refractivity contribution in [2.24, 2.45) is 0 Å². The number of amides is 2. The zero-order valence-electron chi connectivity index (χ0n) is 14.2. The fraction of sp³-hybridized carbons (Fsp3) is 0.250. The topological polar surface area (TPSA) is 119 Å². The molecule has 0 atom stereocenters. The molecule has 1 N–H and O–H groups in total. The molecule has 2 rings (SSSR count). The molecule has 1 fully saturated rings. The summed E-state index contributed by atoms with van der Waals surface area (Å²) in [5, 5.41) is 8.20. The van der Waals surface area contributed by atoms with Gasteiger partial charge < -0.3 is 19.3 Å². The number of nitrogens with zero attached hydrogens (tertiary/aromatic N) is 1. The van der Waals surface area contributed by atoms with Crippen LogP contribution in [-0.2, 0) is 19.1 Å². The Morgan fingerprint density at radius 1 is 1.30 bits per heavy atom. The first-order valence-corrected chi connectivity index (χ1v) is 8.50. The standard InChI is InChI=1S/C16H14ClNO8S/c1-24-10-4-8(3-9(17)14(10)26-7-13(21)25-2)5-11-15(22)18(6-12(19)20)16(23)27-11/h3-5H,6-7H2,1-2H3,(H,19,20)/b11-5+. The van der Waals surface area contributed by atoms with Gasteiger partial charge in [-0.3, -0.25) is 19.3 Å². The quantitative estimate of drug-likeness (QED) is 0.526. The van der Waals surface area contributed by atoms with E-state index in [1.54, 1.807) is 0 Å². The van der Waals surface area contributed by atoms with Crippen molar-refractivity contribution in [1.82, 2.24) is 4.90 Å². The number of rotatable bonds is 7. The SMILES string of the molecule is COC(=O)COc1c(Cl)cc(/C=C2/SC(=O)N(CC(=O)O)C2=O)cc1OC. The third kappa shape index (κ3) is 4.92. The summed E-state index contributed by atoms with van der Waals surface area (Å²) in [4.78, 5) is 46.6. The monoisotopic (exact) mass is 415 g/mol. The molecule has 0 unspecified atom stereocenters. The Hall–Kier alpha value is -2.72. The molecule has 0 spiro atoms. The number of carbonyl (C=O) groups excluding carboxylic acids is 3. The Kier molecular flexibility index (Phi) is 6.70.